The lowest BCUT2D eigenvalue weighted by molar-refractivity contribution is -0.165. The van der Waals surface area contributed by atoms with Gasteiger partial charge < -0.3 is 23.8 Å². The first-order valence-corrected chi connectivity index (χ1v) is 23.1. The van der Waals surface area contributed by atoms with E-state index in [1.54, 1.807) is 27.7 Å². The number of phosphoric ester groups is 1. The zero-order valence-electron chi connectivity index (χ0n) is 35.5. The van der Waals surface area contributed by atoms with Gasteiger partial charge in [-0.1, -0.05) is 170 Å². The number of ether oxygens (including phenoxy) is 4. The predicted molar refractivity (Wildman–Crippen MR) is 215 cm³/mol. The molecular weight excluding hydrogens is 727 g/mol. The van der Waals surface area contributed by atoms with Gasteiger partial charge in [0, 0.05) is 12.8 Å². The van der Waals surface area contributed by atoms with Crippen molar-refractivity contribution in [3.8, 4) is 0 Å². The molecular formula is C42H79O12P. The molecule has 0 fully saturated rings. The molecule has 2 unspecified atom stereocenters. The van der Waals surface area contributed by atoms with Crippen LogP contribution >= 0.6 is 7.82 Å². The molecule has 0 aliphatic carbocycles. The highest BCUT2D eigenvalue weighted by Gasteiger charge is 2.29. The lowest BCUT2D eigenvalue weighted by atomic mass is 10.1. The van der Waals surface area contributed by atoms with Crippen molar-refractivity contribution in [2.24, 2.45) is 11.8 Å². The number of phosphoric acid groups is 1. The average molecular weight is 807 g/mol. The number of rotatable bonds is 38. The van der Waals surface area contributed by atoms with Gasteiger partial charge in [0.15, 0.2) is 12.2 Å². The van der Waals surface area contributed by atoms with Crippen LogP contribution in [0.5, 0.6) is 0 Å². The molecule has 0 amide bonds. The Balaban J connectivity index is 4.97. The fourth-order valence-corrected chi connectivity index (χ4v) is 6.42. The van der Waals surface area contributed by atoms with Crippen LogP contribution < -0.4 is 0 Å². The third-order valence-corrected chi connectivity index (χ3v) is 10.1. The van der Waals surface area contributed by atoms with Crippen molar-refractivity contribution >= 4 is 31.7 Å². The van der Waals surface area contributed by atoms with E-state index in [1.165, 1.54) is 89.9 Å². The van der Waals surface area contributed by atoms with Gasteiger partial charge in [-0.2, -0.15) is 0 Å². The van der Waals surface area contributed by atoms with Crippen LogP contribution in [0.4, 0.5) is 0 Å². The highest BCUT2D eigenvalue weighted by molar-refractivity contribution is 7.47. The Hall–Kier alpha value is -2.01. The molecule has 0 rings (SSSR count). The van der Waals surface area contributed by atoms with E-state index < -0.39 is 69.0 Å². The summed E-state index contributed by atoms with van der Waals surface area (Å²) in [6.45, 7) is 9.03. The maximum Gasteiger partial charge on any atom is 0.472 e. The first kappa shape index (κ1) is 53.0. The first-order chi connectivity index (χ1) is 26.3. The Morgan fingerprint density at radius 2 is 0.800 bits per heavy atom. The molecule has 0 aromatic heterocycles. The molecule has 13 heteroatoms. The fourth-order valence-electron chi connectivity index (χ4n) is 5.64. The summed E-state index contributed by atoms with van der Waals surface area (Å²) in [6.07, 6.45) is 23.3. The minimum Gasteiger partial charge on any atom is -0.462 e. The van der Waals surface area contributed by atoms with Crippen molar-refractivity contribution in [1.82, 2.24) is 0 Å². The lowest BCUT2D eigenvalue weighted by Gasteiger charge is -2.22. The smallest absolute Gasteiger partial charge is 0.462 e. The van der Waals surface area contributed by atoms with Gasteiger partial charge in [0.05, 0.1) is 25.0 Å². The summed E-state index contributed by atoms with van der Waals surface area (Å²) in [5.74, 6) is -3.05. The molecule has 0 heterocycles. The number of hydrogen-bond donors (Lipinski definition) is 1. The van der Waals surface area contributed by atoms with E-state index in [1.807, 2.05) is 0 Å². The molecule has 0 aromatic rings. The van der Waals surface area contributed by atoms with E-state index in [2.05, 4.69) is 13.8 Å². The highest BCUT2D eigenvalue weighted by atomic mass is 31.2. The zero-order chi connectivity index (χ0) is 41.2. The van der Waals surface area contributed by atoms with Crippen molar-refractivity contribution in [3.63, 3.8) is 0 Å². The largest absolute Gasteiger partial charge is 0.472 e. The van der Waals surface area contributed by atoms with Crippen molar-refractivity contribution in [2.75, 3.05) is 26.4 Å². The van der Waals surface area contributed by atoms with E-state index in [4.69, 9.17) is 28.0 Å². The average Bonchev–Trinajstić information content (AvgIpc) is 3.14. The quantitative estimate of drug-likeness (QED) is 0.0272. The predicted octanol–water partition coefficient (Wildman–Crippen LogP) is 10.7. The summed E-state index contributed by atoms with van der Waals surface area (Å²) in [4.78, 5) is 59.9. The molecule has 0 aliphatic heterocycles. The minimum atomic E-state index is -4.78. The molecule has 3 atom stereocenters. The van der Waals surface area contributed by atoms with Gasteiger partial charge in [0.1, 0.15) is 13.2 Å². The van der Waals surface area contributed by atoms with Crippen LogP contribution in [0.15, 0.2) is 0 Å². The molecule has 1 N–H and O–H groups in total. The third kappa shape index (κ3) is 33.8. The summed E-state index contributed by atoms with van der Waals surface area (Å²) in [5.41, 5.74) is 0. The summed E-state index contributed by atoms with van der Waals surface area (Å²) < 4.78 is 44.4. The van der Waals surface area contributed by atoms with Crippen LogP contribution in [-0.4, -0.2) is 67.4 Å². The number of hydrogen-bond acceptors (Lipinski definition) is 11. The van der Waals surface area contributed by atoms with Gasteiger partial charge in [-0.25, -0.2) is 4.57 Å². The topological polar surface area (TPSA) is 161 Å². The maximum atomic E-state index is 12.8. The third-order valence-electron chi connectivity index (χ3n) is 9.18. The molecule has 0 spiro atoms. The monoisotopic (exact) mass is 807 g/mol. The lowest BCUT2D eigenvalue weighted by Crippen LogP contribution is -2.32. The van der Waals surface area contributed by atoms with Crippen LogP contribution in [-0.2, 0) is 51.7 Å². The Labute approximate surface area is 333 Å². The Morgan fingerprint density at radius 1 is 0.455 bits per heavy atom. The van der Waals surface area contributed by atoms with E-state index in [0.717, 1.165) is 38.5 Å². The summed E-state index contributed by atoms with van der Waals surface area (Å²) in [5, 5.41) is 0. The second kappa shape index (κ2) is 35.2. The van der Waals surface area contributed by atoms with Crippen LogP contribution in [0.3, 0.4) is 0 Å². The van der Waals surface area contributed by atoms with E-state index in [0.29, 0.717) is 12.8 Å². The van der Waals surface area contributed by atoms with Gasteiger partial charge in [0.25, 0.3) is 0 Å². The molecule has 55 heavy (non-hydrogen) atoms. The zero-order valence-corrected chi connectivity index (χ0v) is 36.4. The number of carbonyl (C=O) groups excluding carboxylic acids is 4. The normalized spacial score (nSPS) is 13.7. The number of carbonyl (C=O) groups is 4. The second-order valence-corrected chi connectivity index (χ2v) is 16.9. The molecule has 0 aromatic carbocycles. The molecule has 0 aliphatic rings. The molecule has 0 saturated heterocycles. The Morgan fingerprint density at radius 3 is 1.20 bits per heavy atom. The SMILES string of the molecule is CCCCCCCCCCCCCC(=O)OC[C@H](COP(=O)(O)OCC(COC(=O)C(C)C)OC(=O)C(C)C)OC(=O)CCCCCCCCCCCCC. The van der Waals surface area contributed by atoms with Crippen molar-refractivity contribution in [3.05, 3.63) is 0 Å². The van der Waals surface area contributed by atoms with Gasteiger partial charge in [-0.05, 0) is 12.8 Å². The summed E-state index contributed by atoms with van der Waals surface area (Å²) in [6, 6.07) is 0. The van der Waals surface area contributed by atoms with Crippen LogP contribution in [0.2, 0.25) is 0 Å². The Kier molecular flexibility index (Phi) is 33.9. The second-order valence-electron chi connectivity index (χ2n) is 15.4. The van der Waals surface area contributed by atoms with Crippen LogP contribution in [0.25, 0.3) is 0 Å². The number of esters is 4. The van der Waals surface area contributed by atoms with E-state index in [-0.39, 0.29) is 26.1 Å². The molecule has 0 saturated carbocycles. The van der Waals surface area contributed by atoms with Crippen LogP contribution in [0.1, 0.15) is 196 Å². The fraction of sp³-hybridized carbons (Fsp3) is 0.905. The van der Waals surface area contributed by atoms with E-state index in [9.17, 15) is 28.6 Å². The highest BCUT2D eigenvalue weighted by Crippen LogP contribution is 2.43. The van der Waals surface area contributed by atoms with Gasteiger partial charge in [-0.3, -0.25) is 28.2 Å². The number of unbranched alkanes of at least 4 members (excludes halogenated alkanes) is 20. The van der Waals surface area contributed by atoms with E-state index >= 15 is 0 Å². The van der Waals surface area contributed by atoms with Crippen molar-refractivity contribution in [1.29, 1.82) is 0 Å². The van der Waals surface area contributed by atoms with Crippen LogP contribution in [0, 0.1) is 11.8 Å². The summed E-state index contributed by atoms with van der Waals surface area (Å²) in [7, 11) is -4.78. The molecule has 0 bridgehead atoms. The maximum absolute atomic E-state index is 12.8. The van der Waals surface area contributed by atoms with Crippen molar-refractivity contribution in [2.45, 2.75) is 208 Å². The van der Waals surface area contributed by atoms with Gasteiger partial charge in [-0.15, -0.1) is 0 Å². The van der Waals surface area contributed by atoms with Gasteiger partial charge in [0.2, 0.25) is 0 Å². The Bertz CT molecular complexity index is 1030. The standard InChI is InChI=1S/C42H79O12P/c1-7-9-11-13-15-17-19-21-23-25-27-29-39(43)49-31-37(53-40(44)30-28-26-24-22-20-18-16-14-12-10-8-2)33-51-55(47,48)52-34-38(54-42(46)36(5)6)32-50-41(45)35(3)4/h35-38H,7-34H2,1-6H3,(H,47,48)/t37-,38?/m1/s1. The molecule has 324 valence electrons. The summed E-state index contributed by atoms with van der Waals surface area (Å²) >= 11 is 0. The minimum absolute atomic E-state index is 0.158. The molecule has 12 nitrogen and oxygen atoms in total. The van der Waals surface area contributed by atoms with Crippen molar-refractivity contribution < 1.29 is 56.6 Å². The van der Waals surface area contributed by atoms with Gasteiger partial charge >= 0.3 is 31.7 Å². The molecule has 0 radical (unpaired) electrons. The first-order valence-electron chi connectivity index (χ1n) is 21.6.